The van der Waals surface area contributed by atoms with Crippen LogP contribution in [-0.4, -0.2) is 46.8 Å². The Hall–Kier alpha value is -1.01. The minimum absolute atomic E-state index is 0.0209. The van der Waals surface area contributed by atoms with Gasteiger partial charge in [-0.1, -0.05) is 59.2 Å². The maximum absolute atomic E-state index is 13.3. The number of rotatable bonds is 10. The predicted molar refractivity (Wildman–Crippen MR) is 123 cm³/mol. The van der Waals surface area contributed by atoms with Crippen LogP contribution in [0.5, 0.6) is 0 Å². The number of carbonyl (C=O) groups is 2. The number of nitrogens with two attached hydrogens (primary N) is 1. The summed E-state index contributed by atoms with van der Waals surface area (Å²) < 4.78 is 0. The van der Waals surface area contributed by atoms with E-state index in [1.807, 2.05) is 20.8 Å². The lowest BCUT2D eigenvalue weighted by Crippen LogP contribution is -2.57. The number of nitrogens with one attached hydrogen (secondary N) is 1. The molecule has 3 N–H and O–H groups in total. The molecule has 5 nitrogen and oxygen atoms in total. The van der Waals surface area contributed by atoms with Crippen molar-refractivity contribution in [3.63, 3.8) is 0 Å². The highest BCUT2D eigenvalue weighted by atomic mass is 32.1. The molecule has 0 unspecified atom stereocenters. The fourth-order valence-electron chi connectivity index (χ4n) is 4.75. The molecule has 1 heterocycles. The molecule has 2 rings (SSSR count). The molecule has 0 aromatic carbocycles. The van der Waals surface area contributed by atoms with Crippen molar-refractivity contribution in [2.75, 3.05) is 13.1 Å². The number of Topliss-reactive ketones (excluding diaryl/α,β-unsaturated/α-hetero) is 1. The van der Waals surface area contributed by atoms with Crippen LogP contribution >= 0.6 is 12.2 Å². The zero-order chi connectivity index (χ0) is 21.6. The molecule has 0 bridgehead atoms. The molecule has 0 radical (unpaired) electrons. The Balaban J connectivity index is 1.89. The van der Waals surface area contributed by atoms with Crippen molar-refractivity contribution in [3.05, 3.63) is 0 Å². The second kappa shape index (κ2) is 10.9. The third-order valence-corrected chi connectivity index (χ3v) is 6.89. The van der Waals surface area contributed by atoms with Crippen LogP contribution in [0.4, 0.5) is 0 Å². The van der Waals surface area contributed by atoms with Gasteiger partial charge in [-0.05, 0) is 49.4 Å². The first-order valence-electron chi connectivity index (χ1n) is 11.5. The number of nitrogens with zero attached hydrogens (tertiary/aromatic N) is 1. The fraction of sp³-hybridized carbons (Fsp3) is 0.870. The maximum Gasteiger partial charge on any atom is 0.246 e. The van der Waals surface area contributed by atoms with Gasteiger partial charge >= 0.3 is 0 Å². The van der Waals surface area contributed by atoms with Crippen molar-refractivity contribution in [3.8, 4) is 0 Å². The van der Waals surface area contributed by atoms with Gasteiger partial charge in [0.05, 0.1) is 11.0 Å². The topological polar surface area (TPSA) is 75.4 Å². The third kappa shape index (κ3) is 6.74. The quantitative estimate of drug-likeness (QED) is 0.522. The van der Waals surface area contributed by atoms with Crippen molar-refractivity contribution in [1.29, 1.82) is 0 Å². The summed E-state index contributed by atoms with van der Waals surface area (Å²) in [5, 5.41) is 3.14. The first-order valence-corrected chi connectivity index (χ1v) is 11.9. The molecule has 6 heteroatoms. The van der Waals surface area contributed by atoms with Gasteiger partial charge in [-0.15, -0.1) is 0 Å². The van der Waals surface area contributed by atoms with Crippen molar-refractivity contribution < 1.29 is 9.59 Å². The summed E-state index contributed by atoms with van der Waals surface area (Å²) >= 11 is 5.23. The third-order valence-electron chi connectivity index (χ3n) is 6.61. The Morgan fingerprint density at radius 1 is 1.21 bits per heavy atom. The number of carbonyl (C=O) groups excluding carboxylic acids is 2. The van der Waals surface area contributed by atoms with E-state index in [-0.39, 0.29) is 29.7 Å². The second-order valence-electron chi connectivity index (χ2n) is 10.1. The summed E-state index contributed by atoms with van der Waals surface area (Å²) in [5.74, 6) is 1.80. The van der Waals surface area contributed by atoms with Crippen LogP contribution in [0.15, 0.2) is 0 Å². The Kier molecular flexibility index (Phi) is 9.08. The van der Waals surface area contributed by atoms with E-state index in [2.05, 4.69) is 12.2 Å². The molecule has 1 saturated carbocycles. The standard InChI is InChI=1S/C23H41N3O2S/c1-5-6-8-16-13-17(14-16)10-11-19(27)18-9-7-12-26(18)22(28)21(23(2,3)4)25-20(29)15-24/h16-18,21H,5-15,24H2,1-4H3,(H,25,29)/t16?,17?,18-,21-/m1/s1. The molecule has 29 heavy (non-hydrogen) atoms. The Bertz CT molecular complexity index is 581. The van der Waals surface area contributed by atoms with Crippen LogP contribution < -0.4 is 11.1 Å². The van der Waals surface area contributed by atoms with Crippen molar-refractivity contribution in [2.45, 2.75) is 97.6 Å². The lowest BCUT2D eigenvalue weighted by atomic mass is 9.70. The van der Waals surface area contributed by atoms with Gasteiger partial charge in [0.2, 0.25) is 5.91 Å². The molecule has 0 aromatic heterocycles. The maximum atomic E-state index is 13.3. The monoisotopic (exact) mass is 423 g/mol. The number of likely N-dealkylation sites (tertiary alicyclic amines) is 1. The highest BCUT2D eigenvalue weighted by Gasteiger charge is 2.41. The van der Waals surface area contributed by atoms with Crippen molar-refractivity contribution >= 4 is 28.9 Å². The van der Waals surface area contributed by atoms with Gasteiger partial charge in [0, 0.05) is 19.5 Å². The van der Waals surface area contributed by atoms with Crippen LogP contribution in [0.1, 0.15) is 85.5 Å². The number of amides is 1. The Labute approximate surface area is 182 Å². The summed E-state index contributed by atoms with van der Waals surface area (Å²) in [6, 6.07) is -0.727. The first kappa shape index (κ1) is 24.3. The summed E-state index contributed by atoms with van der Waals surface area (Å²) in [6.45, 7) is 9.16. The first-order chi connectivity index (χ1) is 13.7. The molecule has 0 spiro atoms. The number of unbranched alkanes of at least 4 members (excludes halogenated alkanes) is 1. The minimum atomic E-state index is -0.460. The van der Waals surface area contributed by atoms with Crippen molar-refractivity contribution in [2.24, 2.45) is 23.0 Å². The minimum Gasteiger partial charge on any atom is -0.367 e. The van der Waals surface area contributed by atoms with Gasteiger partial charge in [0.1, 0.15) is 6.04 Å². The zero-order valence-corrected chi connectivity index (χ0v) is 19.7. The van der Waals surface area contributed by atoms with E-state index in [1.54, 1.807) is 4.90 Å². The normalized spacial score (nSPS) is 25.4. The van der Waals surface area contributed by atoms with Crippen LogP contribution in [0, 0.1) is 17.3 Å². The average molecular weight is 424 g/mol. The van der Waals surface area contributed by atoms with E-state index in [0.29, 0.717) is 23.9 Å². The molecule has 1 saturated heterocycles. The van der Waals surface area contributed by atoms with Gasteiger partial charge in [-0.25, -0.2) is 0 Å². The summed E-state index contributed by atoms with van der Waals surface area (Å²) in [5.41, 5.74) is 5.32. The van der Waals surface area contributed by atoms with E-state index in [4.69, 9.17) is 18.0 Å². The van der Waals surface area contributed by atoms with Crippen LogP contribution in [0.2, 0.25) is 0 Å². The molecule has 166 valence electrons. The highest BCUT2D eigenvalue weighted by Crippen LogP contribution is 2.40. The molecule has 1 aliphatic heterocycles. The number of hydrogen-bond acceptors (Lipinski definition) is 4. The molecule has 0 aromatic rings. The van der Waals surface area contributed by atoms with Gasteiger partial charge in [0.15, 0.2) is 5.78 Å². The average Bonchev–Trinajstić information content (AvgIpc) is 3.12. The second-order valence-corrected chi connectivity index (χ2v) is 10.6. The Morgan fingerprint density at radius 2 is 1.86 bits per heavy atom. The van der Waals surface area contributed by atoms with Crippen LogP contribution in [0.3, 0.4) is 0 Å². The van der Waals surface area contributed by atoms with Crippen LogP contribution in [-0.2, 0) is 9.59 Å². The summed E-state index contributed by atoms with van der Waals surface area (Å²) in [7, 11) is 0. The summed E-state index contributed by atoms with van der Waals surface area (Å²) in [4.78, 5) is 28.6. The predicted octanol–water partition coefficient (Wildman–Crippen LogP) is 3.83. The lowest BCUT2D eigenvalue weighted by molar-refractivity contribution is -0.141. The van der Waals surface area contributed by atoms with Gasteiger partial charge in [-0.3, -0.25) is 9.59 Å². The number of hydrogen-bond donors (Lipinski definition) is 2. The zero-order valence-electron chi connectivity index (χ0n) is 18.8. The van der Waals surface area contributed by atoms with Crippen LogP contribution in [0.25, 0.3) is 0 Å². The van der Waals surface area contributed by atoms with E-state index in [1.165, 1.54) is 32.1 Å². The smallest absolute Gasteiger partial charge is 0.246 e. The van der Waals surface area contributed by atoms with E-state index < -0.39 is 6.04 Å². The summed E-state index contributed by atoms with van der Waals surface area (Å²) in [6.07, 6.45) is 9.78. The van der Waals surface area contributed by atoms with Gasteiger partial charge in [-0.2, -0.15) is 0 Å². The lowest BCUT2D eigenvalue weighted by Gasteiger charge is -2.37. The molecule has 1 amide bonds. The van der Waals surface area contributed by atoms with E-state index in [0.717, 1.165) is 25.2 Å². The van der Waals surface area contributed by atoms with Crippen molar-refractivity contribution in [1.82, 2.24) is 10.2 Å². The SMILES string of the molecule is CCCCC1CC(CCC(=O)[C@H]2CCCN2C(=O)[C@@H](NC(=S)CN)C(C)(C)C)C1. The molecular weight excluding hydrogens is 382 g/mol. The molecular formula is C23H41N3O2S. The molecule has 2 atom stereocenters. The molecule has 2 aliphatic rings. The highest BCUT2D eigenvalue weighted by molar-refractivity contribution is 7.80. The largest absolute Gasteiger partial charge is 0.367 e. The number of ketones is 1. The van der Waals surface area contributed by atoms with Gasteiger partial charge < -0.3 is 16.0 Å². The fourth-order valence-corrected chi connectivity index (χ4v) is 4.87. The molecule has 1 aliphatic carbocycles. The number of thiocarbonyl (C=S) groups is 1. The Morgan fingerprint density at radius 3 is 2.45 bits per heavy atom. The van der Waals surface area contributed by atoms with E-state index >= 15 is 0 Å². The van der Waals surface area contributed by atoms with Gasteiger partial charge in [0.25, 0.3) is 0 Å². The van der Waals surface area contributed by atoms with E-state index in [9.17, 15) is 9.59 Å². The molecule has 2 fully saturated rings.